The molecule has 1 aliphatic rings. The number of rotatable bonds is 8. The van der Waals surface area contributed by atoms with E-state index in [0.29, 0.717) is 25.8 Å². The zero-order chi connectivity index (χ0) is 22.6. The zero-order valence-corrected chi connectivity index (χ0v) is 20.0. The lowest BCUT2D eigenvalue weighted by molar-refractivity contribution is 0.120. The highest BCUT2D eigenvalue weighted by atomic mass is 79.9. The van der Waals surface area contributed by atoms with E-state index in [0.717, 1.165) is 21.9 Å². The Balaban J connectivity index is 1.78. The molecule has 0 aliphatic carbocycles. The number of sulfonamides is 1. The molecule has 2 aromatic rings. The van der Waals surface area contributed by atoms with Crippen molar-refractivity contribution in [2.24, 2.45) is 0 Å². The summed E-state index contributed by atoms with van der Waals surface area (Å²) < 4.78 is 39.7. The molecular formula is C22H27BrFN3O3S. The molecule has 0 aromatic heterocycles. The first-order valence-electron chi connectivity index (χ1n) is 10.1. The van der Waals surface area contributed by atoms with Crippen LogP contribution >= 0.6 is 15.9 Å². The summed E-state index contributed by atoms with van der Waals surface area (Å²) >= 11 is 3.43. The van der Waals surface area contributed by atoms with E-state index in [9.17, 15) is 17.6 Å². The SMILES string of the molecule is C[C@@H](c1ccc(Br)cc1)N1CC[C@@](CCCNS(C)(=O)=O)(c2ccc(F)cc2)NC1=O. The number of nitrogens with zero attached hydrogens (tertiary/aromatic N) is 1. The van der Waals surface area contributed by atoms with Crippen molar-refractivity contribution in [1.82, 2.24) is 14.9 Å². The average Bonchev–Trinajstić information content (AvgIpc) is 2.71. The Morgan fingerprint density at radius 1 is 1.19 bits per heavy atom. The molecular weight excluding hydrogens is 485 g/mol. The van der Waals surface area contributed by atoms with Gasteiger partial charge in [-0.1, -0.05) is 40.2 Å². The van der Waals surface area contributed by atoms with Gasteiger partial charge in [-0.15, -0.1) is 0 Å². The summed E-state index contributed by atoms with van der Waals surface area (Å²) in [4.78, 5) is 14.9. The van der Waals surface area contributed by atoms with E-state index in [-0.39, 0.29) is 24.4 Å². The van der Waals surface area contributed by atoms with E-state index in [1.807, 2.05) is 31.2 Å². The fourth-order valence-corrected chi connectivity index (χ4v) is 4.79. The van der Waals surface area contributed by atoms with Crippen LogP contribution in [-0.2, 0) is 15.6 Å². The van der Waals surface area contributed by atoms with Gasteiger partial charge in [-0.05, 0) is 61.6 Å². The molecule has 1 fully saturated rings. The lowest BCUT2D eigenvalue weighted by Crippen LogP contribution is -2.58. The Kier molecular flexibility index (Phi) is 7.39. The number of carbonyl (C=O) groups is 1. The quantitative estimate of drug-likeness (QED) is 0.518. The summed E-state index contributed by atoms with van der Waals surface area (Å²) in [5.74, 6) is -0.342. The third-order valence-corrected chi connectivity index (χ3v) is 7.01. The molecule has 2 aromatic carbocycles. The van der Waals surface area contributed by atoms with Crippen molar-refractivity contribution >= 4 is 32.0 Å². The van der Waals surface area contributed by atoms with Crippen molar-refractivity contribution in [1.29, 1.82) is 0 Å². The van der Waals surface area contributed by atoms with Gasteiger partial charge in [0.15, 0.2) is 0 Å². The van der Waals surface area contributed by atoms with Crippen LogP contribution in [0.2, 0.25) is 0 Å². The van der Waals surface area contributed by atoms with E-state index >= 15 is 0 Å². The van der Waals surface area contributed by atoms with Gasteiger partial charge < -0.3 is 10.2 Å². The van der Waals surface area contributed by atoms with Crippen molar-refractivity contribution in [3.05, 3.63) is 69.9 Å². The first-order chi connectivity index (χ1) is 14.6. The smallest absolute Gasteiger partial charge is 0.318 e. The Morgan fingerprint density at radius 3 is 2.42 bits per heavy atom. The van der Waals surface area contributed by atoms with E-state index in [4.69, 9.17) is 0 Å². The zero-order valence-electron chi connectivity index (χ0n) is 17.6. The van der Waals surface area contributed by atoms with Gasteiger partial charge in [-0.2, -0.15) is 0 Å². The molecule has 2 amide bonds. The van der Waals surface area contributed by atoms with Crippen LogP contribution in [0, 0.1) is 5.82 Å². The second kappa shape index (κ2) is 9.67. The van der Waals surface area contributed by atoms with E-state index in [1.165, 1.54) is 12.1 Å². The maximum absolute atomic E-state index is 13.5. The van der Waals surface area contributed by atoms with Gasteiger partial charge >= 0.3 is 6.03 Å². The fraction of sp³-hybridized carbons (Fsp3) is 0.409. The lowest BCUT2D eigenvalue weighted by Gasteiger charge is -2.45. The third-order valence-electron chi connectivity index (χ3n) is 5.75. The maximum atomic E-state index is 13.5. The van der Waals surface area contributed by atoms with Gasteiger partial charge in [0, 0.05) is 17.6 Å². The molecule has 0 radical (unpaired) electrons. The summed E-state index contributed by atoms with van der Waals surface area (Å²) in [7, 11) is -3.28. The molecule has 2 atom stereocenters. The van der Waals surface area contributed by atoms with Crippen LogP contribution in [0.25, 0.3) is 0 Å². The van der Waals surface area contributed by atoms with Crippen LogP contribution in [-0.4, -0.2) is 38.7 Å². The van der Waals surface area contributed by atoms with Gasteiger partial charge in [-0.3, -0.25) is 0 Å². The number of amides is 2. The molecule has 3 rings (SSSR count). The average molecular weight is 512 g/mol. The van der Waals surface area contributed by atoms with Crippen LogP contribution in [0.15, 0.2) is 53.0 Å². The number of nitrogens with one attached hydrogen (secondary N) is 2. The van der Waals surface area contributed by atoms with Gasteiger partial charge in [0.2, 0.25) is 10.0 Å². The molecule has 1 heterocycles. The molecule has 2 N–H and O–H groups in total. The number of benzene rings is 2. The van der Waals surface area contributed by atoms with Gasteiger partial charge in [0.1, 0.15) is 5.82 Å². The number of carbonyl (C=O) groups excluding carboxylic acids is 1. The van der Waals surface area contributed by atoms with Crippen LogP contribution in [0.5, 0.6) is 0 Å². The topological polar surface area (TPSA) is 78.5 Å². The fourth-order valence-electron chi connectivity index (χ4n) is 4.01. The third kappa shape index (κ3) is 6.05. The molecule has 168 valence electrons. The number of hydrogen-bond donors (Lipinski definition) is 2. The highest BCUT2D eigenvalue weighted by molar-refractivity contribution is 9.10. The predicted octanol–water partition coefficient (Wildman–Crippen LogP) is 4.29. The largest absolute Gasteiger partial charge is 0.328 e. The first-order valence-corrected chi connectivity index (χ1v) is 12.8. The maximum Gasteiger partial charge on any atom is 0.318 e. The number of halogens is 2. The molecule has 9 heteroatoms. The first kappa shape index (κ1) is 23.7. The van der Waals surface area contributed by atoms with Crippen LogP contribution in [0.4, 0.5) is 9.18 Å². The lowest BCUT2D eigenvalue weighted by atomic mass is 9.80. The second-order valence-electron chi connectivity index (χ2n) is 7.96. The monoisotopic (exact) mass is 511 g/mol. The minimum atomic E-state index is -3.28. The Labute approximate surface area is 191 Å². The van der Waals surface area contributed by atoms with Crippen molar-refractivity contribution in [3.8, 4) is 0 Å². The highest BCUT2D eigenvalue weighted by Gasteiger charge is 2.40. The highest BCUT2D eigenvalue weighted by Crippen LogP contribution is 2.36. The van der Waals surface area contributed by atoms with E-state index in [1.54, 1.807) is 17.0 Å². The van der Waals surface area contributed by atoms with Crippen molar-refractivity contribution in [3.63, 3.8) is 0 Å². The Hall–Kier alpha value is -1.97. The summed E-state index contributed by atoms with van der Waals surface area (Å²) in [5.41, 5.74) is 1.17. The predicted molar refractivity (Wildman–Crippen MR) is 123 cm³/mol. The van der Waals surface area contributed by atoms with Gasteiger partial charge in [-0.25, -0.2) is 22.3 Å². The summed E-state index contributed by atoms with van der Waals surface area (Å²) in [6.07, 6.45) is 2.82. The molecule has 0 bridgehead atoms. The van der Waals surface area contributed by atoms with E-state index < -0.39 is 15.6 Å². The summed E-state index contributed by atoms with van der Waals surface area (Å²) in [6.45, 7) is 2.79. The molecule has 1 aliphatic heterocycles. The van der Waals surface area contributed by atoms with Crippen molar-refractivity contribution in [2.75, 3.05) is 19.3 Å². The molecule has 1 saturated heterocycles. The molecule has 6 nitrogen and oxygen atoms in total. The summed E-state index contributed by atoms with van der Waals surface area (Å²) in [6, 6.07) is 13.7. The van der Waals surface area contributed by atoms with Crippen LogP contribution < -0.4 is 10.0 Å². The number of urea groups is 1. The Morgan fingerprint density at radius 2 is 1.84 bits per heavy atom. The van der Waals surface area contributed by atoms with Crippen molar-refractivity contribution in [2.45, 2.75) is 37.8 Å². The van der Waals surface area contributed by atoms with Crippen LogP contribution in [0.3, 0.4) is 0 Å². The molecule has 31 heavy (non-hydrogen) atoms. The normalized spacial score (nSPS) is 20.4. The van der Waals surface area contributed by atoms with Crippen molar-refractivity contribution < 1.29 is 17.6 Å². The summed E-state index contributed by atoms with van der Waals surface area (Å²) in [5, 5.41) is 3.15. The standard InChI is InChI=1S/C22H27BrFN3O3S/c1-16(17-4-8-19(23)9-5-17)27-15-13-22(26-21(27)28,12-3-14-25-31(2,29)30)18-6-10-20(24)11-7-18/h4-11,16,25H,3,12-15H2,1-2H3,(H,26,28)/t16-,22-/m0/s1. The second-order valence-corrected chi connectivity index (χ2v) is 10.7. The molecule has 0 saturated carbocycles. The van der Waals surface area contributed by atoms with E-state index in [2.05, 4.69) is 26.0 Å². The van der Waals surface area contributed by atoms with Gasteiger partial charge in [0.25, 0.3) is 0 Å². The Bertz CT molecular complexity index is 1020. The van der Waals surface area contributed by atoms with Crippen LogP contribution in [0.1, 0.15) is 43.4 Å². The molecule has 0 spiro atoms. The number of hydrogen-bond acceptors (Lipinski definition) is 3. The molecule has 0 unspecified atom stereocenters. The minimum Gasteiger partial charge on any atom is -0.328 e. The minimum absolute atomic E-state index is 0.105. The van der Waals surface area contributed by atoms with Gasteiger partial charge in [0.05, 0.1) is 17.8 Å².